The predicted octanol–water partition coefficient (Wildman–Crippen LogP) is 5.41. The summed E-state index contributed by atoms with van der Waals surface area (Å²) in [7, 11) is 1.94. The van der Waals surface area contributed by atoms with Crippen molar-refractivity contribution in [2.45, 2.75) is 45.4 Å². The van der Waals surface area contributed by atoms with Gasteiger partial charge in [0.25, 0.3) is 5.91 Å². The van der Waals surface area contributed by atoms with Crippen LogP contribution in [0.5, 0.6) is 5.75 Å². The first-order valence-corrected chi connectivity index (χ1v) is 12.5. The molecule has 1 aliphatic carbocycles. The SMILES string of the molecule is CCc1nc2ccn(C)cc-2c1C(=O)NCC1CC2(CCN(c3ccc(OC(F)(F)F)cc3)CC2)C1. The van der Waals surface area contributed by atoms with E-state index in [0.717, 1.165) is 61.4 Å². The highest BCUT2D eigenvalue weighted by atomic mass is 19.4. The number of carbonyl (C=O) groups is 1. The Kier molecular flexibility index (Phi) is 6.34. The molecule has 192 valence electrons. The van der Waals surface area contributed by atoms with Gasteiger partial charge in [-0.15, -0.1) is 13.2 Å². The molecule has 1 amide bonds. The topological polar surface area (TPSA) is 59.4 Å². The number of nitrogens with zero attached hydrogens (tertiary/aromatic N) is 3. The van der Waals surface area contributed by atoms with E-state index < -0.39 is 6.36 Å². The molecule has 0 radical (unpaired) electrons. The molecule has 0 bridgehead atoms. The van der Waals surface area contributed by atoms with Crippen LogP contribution >= 0.6 is 0 Å². The average molecular weight is 501 g/mol. The molecule has 2 fully saturated rings. The number of anilines is 1. The molecule has 1 saturated heterocycles. The van der Waals surface area contributed by atoms with Crippen LogP contribution in [0.25, 0.3) is 11.3 Å². The Morgan fingerprint density at radius 3 is 2.50 bits per heavy atom. The third-order valence-electron chi connectivity index (χ3n) is 7.71. The van der Waals surface area contributed by atoms with Gasteiger partial charge in [-0.25, -0.2) is 0 Å². The molecule has 1 N–H and O–H groups in total. The number of rotatable bonds is 6. The van der Waals surface area contributed by atoms with Crippen LogP contribution in [-0.2, 0) is 13.5 Å². The second kappa shape index (κ2) is 9.33. The van der Waals surface area contributed by atoms with Gasteiger partial charge in [-0.2, -0.15) is 0 Å². The third kappa shape index (κ3) is 5.01. The highest BCUT2D eigenvalue weighted by Crippen LogP contribution is 2.52. The smallest absolute Gasteiger partial charge is 0.406 e. The molecule has 9 heteroatoms. The van der Waals surface area contributed by atoms with Gasteiger partial charge in [0.1, 0.15) is 5.75 Å². The molecule has 1 aromatic rings. The Morgan fingerprint density at radius 1 is 1.17 bits per heavy atom. The van der Waals surface area contributed by atoms with Crippen LogP contribution in [0.4, 0.5) is 18.9 Å². The van der Waals surface area contributed by atoms with E-state index in [4.69, 9.17) is 0 Å². The Bertz CT molecular complexity index is 1190. The molecule has 3 heterocycles. The third-order valence-corrected chi connectivity index (χ3v) is 7.71. The van der Waals surface area contributed by atoms with Crippen LogP contribution in [0.15, 0.2) is 42.7 Å². The summed E-state index contributed by atoms with van der Waals surface area (Å²) in [6, 6.07) is 8.04. The highest BCUT2D eigenvalue weighted by Gasteiger charge is 2.45. The van der Waals surface area contributed by atoms with Crippen molar-refractivity contribution in [1.29, 1.82) is 0 Å². The normalized spacial score (nSPS) is 17.9. The van der Waals surface area contributed by atoms with Crippen LogP contribution < -0.4 is 15.0 Å². The number of hydrogen-bond acceptors (Lipinski definition) is 4. The van der Waals surface area contributed by atoms with Crippen LogP contribution in [0.2, 0.25) is 0 Å². The molecule has 5 rings (SSSR count). The summed E-state index contributed by atoms with van der Waals surface area (Å²) in [5.74, 6) is 0.220. The van der Waals surface area contributed by atoms with Crippen LogP contribution in [0.3, 0.4) is 0 Å². The molecule has 0 unspecified atom stereocenters. The van der Waals surface area contributed by atoms with Gasteiger partial charge in [-0.05, 0) is 73.8 Å². The minimum Gasteiger partial charge on any atom is -0.406 e. The Morgan fingerprint density at radius 2 is 1.86 bits per heavy atom. The standard InChI is InChI=1S/C27H31F3N4O2/c1-3-22-24(21-17-33(2)11-8-23(21)32-22)25(35)31-16-18-14-26(15-18)9-12-34(13-10-26)19-4-6-20(7-5-19)36-27(28,29)30/h4-8,11,17-18H,3,9-10,12-16H2,1-2H3,(H,31,35). The highest BCUT2D eigenvalue weighted by molar-refractivity contribution is 6.02. The summed E-state index contributed by atoms with van der Waals surface area (Å²) in [5, 5.41) is 3.16. The maximum absolute atomic E-state index is 13.1. The van der Waals surface area contributed by atoms with Crippen LogP contribution in [0, 0.1) is 11.3 Å². The van der Waals surface area contributed by atoms with E-state index in [-0.39, 0.29) is 11.7 Å². The number of nitrogens with one attached hydrogen (secondary N) is 1. The summed E-state index contributed by atoms with van der Waals surface area (Å²) in [5.41, 5.74) is 4.50. The first kappa shape index (κ1) is 24.5. The second-order valence-corrected chi connectivity index (χ2v) is 10.2. The molecule has 6 nitrogen and oxygen atoms in total. The molecule has 0 aromatic heterocycles. The number of halogens is 3. The first-order chi connectivity index (χ1) is 17.1. The number of amides is 1. The lowest BCUT2D eigenvalue weighted by Gasteiger charge is -2.52. The molecule has 4 aliphatic rings. The number of hydrogen-bond donors (Lipinski definition) is 1. The Balaban J connectivity index is 1.11. The quantitative estimate of drug-likeness (QED) is 0.492. The molecule has 36 heavy (non-hydrogen) atoms. The lowest BCUT2D eigenvalue weighted by Crippen LogP contribution is -2.49. The van der Waals surface area contributed by atoms with E-state index in [1.807, 2.05) is 37.0 Å². The molecule has 3 aliphatic heterocycles. The van der Waals surface area contributed by atoms with Crippen molar-refractivity contribution < 1.29 is 22.7 Å². The fourth-order valence-electron chi connectivity index (χ4n) is 5.89. The van der Waals surface area contributed by atoms with Crippen molar-refractivity contribution in [3.63, 3.8) is 0 Å². The van der Waals surface area contributed by atoms with Gasteiger partial charge in [0.05, 0.1) is 17.0 Å². The number of aromatic nitrogens is 2. The van der Waals surface area contributed by atoms with Gasteiger partial charge in [-0.3, -0.25) is 9.78 Å². The van der Waals surface area contributed by atoms with Gasteiger partial charge in [-0.1, -0.05) is 6.92 Å². The van der Waals surface area contributed by atoms with E-state index in [0.29, 0.717) is 29.9 Å². The summed E-state index contributed by atoms with van der Waals surface area (Å²) >= 11 is 0. The number of aryl methyl sites for hydroxylation is 2. The summed E-state index contributed by atoms with van der Waals surface area (Å²) in [6.45, 7) is 4.44. The van der Waals surface area contributed by atoms with E-state index in [9.17, 15) is 18.0 Å². The van der Waals surface area contributed by atoms with Crippen molar-refractivity contribution in [2.24, 2.45) is 18.4 Å². The zero-order chi connectivity index (χ0) is 25.5. The van der Waals surface area contributed by atoms with E-state index in [1.165, 1.54) is 12.1 Å². The van der Waals surface area contributed by atoms with Gasteiger partial charge < -0.3 is 19.5 Å². The fourth-order valence-corrected chi connectivity index (χ4v) is 5.89. The number of alkyl halides is 3. The van der Waals surface area contributed by atoms with E-state index >= 15 is 0 Å². The van der Waals surface area contributed by atoms with Gasteiger partial charge in [0.15, 0.2) is 0 Å². The van der Waals surface area contributed by atoms with Crippen molar-refractivity contribution in [3.8, 4) is 17.0 Å². The van der Waals surface area contributed by atoms with Crippen LogP contribution in [-0.4, -0.2) is 41.5 Å². The minimum atomic E-state index is -4.68. The number of piperidine rings is 1. The lowest BCUT2D eigenvalue weighted by molar-refractivity contribution is -0.274. The van der Waals surface area contributed by atoms with Gasteiger partial charge >= 0.3 is 6.36 Å². The molecular weight excluding hydrogens is 469 g/mol. The van der Waals surface area contributed by atoms with E-state index in [1.54, 1.807) is 12.1 Å². The zero-order valence-electron chi connectivity index (χ0n) is 20.6. The number of benzene rings is 1. The second-order valence-electron chi connectivity index (χ2n) is 10.2. The van der Waals surface area contributed by atoms with Crippen LogP contribution in [0.1, 0.15) is 48.7 Å². The molecule has 1 spiro atoms. The van der Waals surface area contributed by atoms with Crippen molar-refractivity contribution >= 4 is 11.6 Å². The number of fused-ring (bicyclic) bond motifs is 1. The predicted molar refractivity (Wildman–Crippen MR) is 131 cm³/mol. The zero-order valence-corrected chi connectivity index (χ0v) is 20.6. The summed E-state index contributed by atoms with van der Waals surface area (Å²) < 4.78 is 43.0. The molecule has 0 atom stereocenters. The van der Waals surface area contributed by atoms with Crippen molar-refractivity contribution in [3.05, 3.63) is 54.0 Å². The number of ether oxygens (including phenoxy) is 1. The largest absolute Gasteiger partial charge is 0.573 e. The number of pyridine rings is 1. The van der Waals surface area contributed by atoms with Gasteiger partial charge in [0.2, 0.25) is 0 Å². The van der Waals surface area contributed by atoms with Gasteiger partial charge in [0, 0.05) is 50.3 Å². The molecule has 1 saturated carbocycles. The fraction of sp³-hybridized carbons (Fsp3) is 0.481. The summed E-state index contributed by atoms with van der Waals surface area (Å²) in [4.78, 5) is 19.9. The number of carbonyl (C=O) groups excluding carboxylic acids is 1. The maximum Gasteiger partial charge on any atom is 0.573 e. The monoisotopic (exact) mass is 500 g/mol. The van der Waals surface area contributed by atoms with Crippen molar-refractivity contribution in [1.82, 2.24) is 14.9 Å². The summed E-state index contributed by atoms with van der Waals surface area (Å²) in [6.07, 6.45) is 4.21. The van der Waals surface area contributed by atoms with E-state index in [2.05, 4.69) is 19.9 Å². The first-order valence-electron chi connectivity index (χ1n) is 12.5. The van der Waals surface area contributed by atoms with Crippen molar-refractivity contribution in [2.75, 3.05) is 24.5 Å². The lowest BCUT2D eigenvalue weighted by atomic mass is 9.57. The minimum absolute atomic E-state index is 0.0470. The maximum atomic E-state index is 13.1. The molecular formula is C27H31F3N4O2. The molecule has 1 aromatic carbocycles. The Labute approximate surface area is 208 Å². The Hall–Kier alpha value is -3.23. The average Bonchev–Trinajstić information content (AvgIpc) is 3.19.